The lowest BCUT2D eigenvalue weighted by atomic mass is 10.2. The van der Waals surface area contributed by atoms with E-state index >= 15 is 0 Å². The zero-order chi connectivity index (χ0) is 11.3. The molecular formula is C9H18BrNO3S. The van der Waals surface area contributed by atoms with Crippen LogP contribution in [0.2, 0.25) is 0 Å². The van der Waals surface area contributed by atoms with Gasteiger partial charge in [-0.15, -0.1) is 0 Å². The molecule has 1 heterocycles. The molecule has 1 aliphatic heterocycles. The zero-order valence-electron chi connectivity index (χ0n) is 8.91. The Morgan fingerprint density at radius 3 is 2.87 bits per heavy atom. The minimum absolute atomic E-state index is 0.0992. The van der Waals surface area contributed by atoms with Gasteiger partial charge in [0.25, 0.3) is 0 Å². The van der Waals surface area contributed by atoms with E-state index < -0.39 is 10.0 Å². The number of halogens is 1. The Hall–Kier alpha value is 0.350. The number of hydrogen-bond donors (Lipinski definition) is 1. The topological polar surface area (TPSA) is 55.4 Å². The predicted octanol–water partition coefficient (Wildman–Crippen LogP) is 1.12. The van der Waals surface area contributed by atoms with Crippen molar-refractivity contribution in [3.05, 3.63) is 0 Å². The molecule has 1 fully saturated rings. The van der Waals surface area contributed by atoms with E-state index in [9.17, 15) is 8.42 Å². The molecule has 1 aliphatic rings. The largest absolute Gasteiger partial charge is 0.377 e. The Labute approximate surface area is 99.9 Å². The minimum Gasteiger partial charge on any atom is -0.377 e. The first-order chi connectivity index (χ1) is 7.03. The van der Waals surface area contributed by atoms with Gasteiger partial charge in [0, 0.05) is 18.5 Å². The van der Waals surface area contributed by atoms with Crippen LogP contribution in [-0.2, 0) is 14.8 Å². The molecule has 0 saturated carbocycles. The van der Waals surface area contributed by atoms with Gasteiger partial charge >= 0.3 is 0 Å². The summed E-state index contributed by atoms with van der Waals surface area (Å²) >= 11 is 3.31. The summed E-state index contributed by atoms with van der Waals surface area (Å²) in [6.07, 6.45) is 1.72. The lowest BCUT2D eigenvalue weighted by molar-refractivity contribution is 0.127. The number of alkyl halides is 1. The molecule has 0 amide bonds. The summed E-state index contributed by atoms with van der Waals surface area (Å²) in [4.78, 5) is 0. The normalized spacial score (nSPS) is 24.3. The molecule has 1 rings (SSSR count). The number of nitrogens with one attached hydrogen (secondary N) is 1. The Morgan fingerprint density at radius 2 is 2.33 bits per heavy atom. The van der Waals surface area contributed by atoms with Gasteiger partial charge in [-0.1, -0.05) is 22.9 Å². The van der Waals surface area contributed by atoms with E-state index in [0.717, 1.165) is 18.2 Å². The second kappa shape index (κ2) is 6.18. The van der Waals surface area contributed by atoms with E-state index in [1.54, 1.807) is 0 Å². The Bertz CT molecular complexity index is 275. The Morgan fingerprint density at radius 1 is 1.60 bits per heavy atom. The number of rotatable bonds is 6. The highest BCUT2D eigenvalue weighted by Crippen LogP contribution is 2.13. The van der Waals surface area contributed by atoms with Crippen LogP contribution in [0.5, 0.6) is 0 Å². The third kappa shape index (κ3) is 5.29. The van der Waals surface area contributed by atoms with Crippen molar-refractivity contribution in [3.8, 4) is 0 Å². The molecule has 0 radical (unpaired) electrons. The van der Waals surface area contributed by atoms with Gasteiger partial charge in [0.15, 0.2) is 0 Å². The lowest BCUT2D eigenvalue weighted by Gasteiger charge is -2.13. The second-order valence-electron chi connectivity index (χ2n) is 4.02. The first kappa shape index (κ1) is 13.4. The van der Waals surface area contributed by atoms with Gasteiger partial charge in [-0.3, -0.25) is 0 Å². The van der Waals surface area contributed by atoms with Crippen LogP contribution in [0.25, 0.3) is 0 Å². The van der Waals surface area contributed by atoms with Crippen molar-refractivity contribution in [2.75, 3.05) is 24.2 Å². The molecule has 0 spiro atoms. The Kier molecular flexibility index (Phi) is 5.52. The maximum Gasteiger partial charge on any atom is 0.214 e. The van der Waals surface area contributed by atoms with Crippen LogP contribution in [0.3, 0.4) is 0 Å². The standard InChI is InChI=1S/C9H18BrNO3S/c1-8(5-10)6-11-15(12,13)7-9-3-2-4-14-9/h8-9,11H,2-7H2,1H3. The quantitative estimate of drug-likeness (QED) is 0.748. The molecule has 0 aromatic heterocycles. The first-order valence-corrected chi connectivity index (χ1v) is 7.96. The summed E-state index contributed by atoms with van der Waals surface area (Å²) < 4.78 is 31.1. The SMILES string of the molecule is CC(CBr)CNS(=O)(=O)CC1CCCO1. The van der Waals surface area contributed by atoms with Gasteiger partial charge in [0.2, 0.25) is 10.0 Å². The fourth-order valence-corrected chi connectivity index (χ4v) is 3.04. The number of sulfonamides is 1. The van der Waals surface area contributed by atoms with Crippen molar-refractivity contribution < 1.29 is 13.2 Å². The predicted molar refractivity (Wildman–Crippen MR) is 63.7 cm³/mol. The molecule has 4 nitrogen and oxygen atoms in total. The van der Waals surface area contributed by atoms with Gasteiger partial charge in [-0.05, 0) is 18.8 Å². The highest BCUT2D eigenvalue weighted by molar-refractivity contribution is 9.09. The molecule has 0 bridgehead atoms. The van der Waals surface area contributed by atoms with Crippen LogP contribution in [0, 0.1) is 5.92 Å². The van der Waals surface area contributed by atoms with Gasteiger partial charge in [0.05, 0.1) is 11.9 Å². The van der Waals surface area contributed by atoms with Gasteiger partial charge < -0.3 is 4.74 Å². The summed E-state index contributed by atoms with van der Waals surface area (Å²) in [5, 5.41) is 0.801. The summed E-state index contributed by atoms with van der Waals surface area (Å²) in [6, 6.07) is 0. The van der Waals surface area contributed by atoms with Crippen molar-refractivity contribution >= 4 is 26.0 Å². The maximum atomic E-state index is 11.6. The monoisotopic (exact) mass is 299 g/mol. The number of ether oxygens (including phenoxy) is 1. The molecule has 0 aliphatic carbocycles. The lowest BCUT2D eigenvalue weighted by Crippen LogP contribution is -2.34. The van der Waals surface area contributed by atoms with Crippen LogP contribution in [0.15, 0.2) is 0 Å². The highest BCUT2D eigenvalue weighted by Gasteiger charge is 2.23. The average molecular weight is 300 g/mol. The first-order valence-electron chi connectivity index (χ1n) is 5.18. The maximum absolute atomic E-state index is 11.6. The molecule has 0 aromatic carbocycles. The fraction of sp³-hybridized carbons (Fsp3) is 1.00. The van der Waals surface area contributed by atoms with Crippen molar-refractivity contribution in [2.45, 2.75) is 25.9 Å². The van der Waals surface area contributed by atoms with E-state index in [1.807, 2.05) is 6.92 Å². The van der Waals surface area contributed by atoms with Gasteiger partial charge in [0.1, 0.15) is 0 Å². The van der Waals surface area contributed by atoms with E-state index in [1.165, 1.54) is 0 Å². The highest BCUT2D eigenvalue weighted by atomic mass is 79.9. The van der Waals surface area contributed by atoms with Gasteiger partial charge in [-0.25, -0.2) is 13.1 Å². The molecule has 2 unspecified atom stereocenters. The van der Waals surface area contributed by atoms with Crippen molar-refractivity contribution in [1.82, 2.24) is 4.72 Å². The van der Waals surface area contributed by atoms with Crippen LogP contribution < -0.4 is 4.72 Å². The zero-order valence-corrected chi connectivity index (χ0v) is 11.3. The summed E-state index contributed by atoms with van der Waals surface area (Å²) in [5.74, 6) is 0.409. The van der Waals surface area contributed by atoms with Crippen LogP contribution in [0.1, 0.15) is 19.8 Å². The van der Waals surface area contributed by atoms with E-state index in [-0.39, 0.29) is 11.9 Å². The molecule has 6 heteroatoms. The van der Waals surface area contributed by atoms with Crippen molar-refractivity contribution in [3.63, 3.8) is 0 Å². The van der Waals surface area contributed by atoms with Crippen molar-refractivity contribution in [2.24, 2.45) is 5.92 Å². The van der Waals surface area contributed by atoms with Crippen molar-refractivity contribution in [1.29, 1.82) is 0 Å². The molecule has 1 N–H and O–H groups in total. The smallest absolute Gasteiger partial charge is 0.214 e. The molecule has 1 saturated heterocycles. The molecular weight excluding hydrogens is 282 g/mol. The van der Waals surface area contributed by atoms with Crippen LogP contribution >= 0.6 is 15.9 Å². The molecule has 90 valence electrons. The minimum atomic E-state index is -3.17. The molecule has 2 atom stereocenters. The summed E-state index contributed by atoms with van der Waals surface area (Å²) in [5.41, 5.74) is 0. The molecule has 0 aromatic rings. The third-order valence-corrected chi connectivity index (χ3v) is 4.87. The number of hydrogen-bond acceptors (Lipinski definition) is 3. The Balaban J connectivity index is 2.31. The van der Waals surface area contributed by atoms with E-state index in [0.29, 0.717) is 19.1 Å². The third-order valence-electron chi connectivity index (χ3n) is 2.34. The fourth-order valence-electron chi connectivity index (χ4n) is 1.40. The van der Waals surface area contributed by atoms with Crippen LogP contribution in [-0.4, -0.2) is 38.8 Å². The second-order valence-corrected chi connectivity index (χ2v) is 6.52. The van der Waals surface area contributed by atoms with E-state index in [4.69, 9.17) is 4.74 Å². The molecule has 15 heavy (non-hydrogen) atoms. The van der Waals surface area contributed by atoms with Gasteiger partial charge in [-0.2, -0.15) is 0 Å². The van der Waals surface area contributed by atoms with Crippen LogP contribution in [0.4, 0.5) is 0 Å². The summed E-state index contributed by atoms with van der Waals surface area (Å²) in [7, 11) is -3.17. The van der Waals surface area contributed by atoms with E-state index in [2.05, 4.69) is 20.7 Å². The summed E-state index contributed by atoms with van der Waals surface area (Å²) in [6.45, 7) is 3.17. The average Bonchev–Trinajstić information content (AvgIpc) is 2.66.